The molecule has 2 heterocycles. The van der Waals surface area contributed by atoms with Crippen LogP contribution in [0.1, 0.15) is 73.6 Å². The predicted octanol–water partition coefficient (Wildman–Crippen LogP) is 5.50. The smallest absolute Gasteiger partial charge is 0.185 e. The topological polar surface area (TPSA) is 98.3 Å². The number of aliphatic hydroxyl groups is 1. The number of nitrogens with zero attached hydrogens (tertiary/aromatic N) is 2. The third-order valence-electron chi connectivity index (χ3n) is 7.71. The molecule has 39 heavy (non-hydrogen) atoms. The number of Topliss-reactive ketones (excluding diaryl/α,β-unsaturated/α-hetero) is 1. The average Bonchev–Trinajstić information content (AvgIpc) is 2.87. The maximum Gasteiger partial charge on any atom is 0.185 e. The fourth-order valence-corrected chi connectivity index (χ4v) is 5.14. The Morgan fingerprint density at radius 3 is 2.49 bits per heavy atom. The number of nitrogens with two attached hydrogens (primary N) is 1. The molecule has 208 valence electrons. The molecule has 4 atom stereocenters. The second-order valence-electron chi connectivity index (χ2n) is 10.9. The number of benzene rings is 1. The first-order valence-electron chi connectivity index (χ1n) is 13.1. The lowest BCUT2D eigenvalue weighted by Gasteiger charge is -2.44. The summed E-state index contributed by atoms with van der Waals surface area (Å²) < 4.78 is 50.0. The van der Waals surface area contributed by atoms with Crippen LogP contribution in [0.2, 0.25) is 0 Å². The molecule has 0 saturated heterocycles. The Kier molecular flexibility index (Phi) is 8.54. The summed E-state index contributed by atoms with van der Waals surface area (Å²) in [5.74, 6) is -3.44. The minimum Gasteiger partial charge on any atom is -0.388 e. The number of ether oxygens (including phenoxy) is 1. The molecule has 3 N–H and O–H groups in total. The Morgan fingerprint density at radius 2 is 1.85 bits per heavy atom. The molecule has 0 bridgehead atoms. The molecule has 4 rings (SSSR count). The maximum atomic E-state index is 14.9. The van der Waals surface area contributed by atoms with Gasteiger partial charge < -0.3 is 15.6 Å². The molecular weight excluding hydrogens is 507 g/mol. The Bertz CT molecular complexity index is 1330. The van der Waals surface area contributed by atoms with Crippen molar-refractivity contribution in [2.45, 2.75) is 77.2 Å². The summed E-state index contributed by atoms with van der Waals surface area (Å²) in [5.41, 5.74) is 5.77. The highest BCUT2D eigenvalue weighted by Crippen LogP contribution is 2.42. The summed E-state index contributed by atoms with van der Waals surface area (Å²) >= 11 is 0. The van der Waals surface area contributed by atoms with Gasteiger partial charge in [-0.15, -0.1) is 0 Å². The van der Waals surface area contributed by atoms with Crippen LogP contribution in [0.25, 0.3) is 11.3 Å². The van der Waals surface area contributed by atoms with E-state index in [0.29, 0.717) is 18.4 Å². The van der Waals surface area contributed by atoms with Crippen LogP contribution in [-0.4, -0.2) is 38.6 Å². The van der Waals surface area contributed by atoms with E-state index in [4.69, 9.17) is 10.5 Å². The van der Waals surface area contributed by atoms with Crippen LogP contribution >= 0.6 is 0 Å². The first kappa shape index (κ1) is 28.9. The molecule has 0 spiro atoms. The number of carbonyl (C=O) groups is 1. The molecule has 1 fully saturated rings. The summed E-state index contributed by atoms with van der Waals surface area (Å²) in [6, 6.07) is 5.74. The first-order valence-corrected chi connectivity index (χ1v) is 13.1. The van der Waals surface area contributed by atoms with E-state index < -0.39 is 46.1 Å². The van der Waals surface area contributed by atoms with E-state index in [2.05, 4.69) is 9.97 Å². The van der Waals surface area contributed by atoms with Gasteiger partial charge in [-0.2, -0.15) is 0 Å². The van der Waals surface area contributed by atoms with E-state index >= 15 is 0 Å². The van der Waals surface area contributed by atoms with Crippen LogP contribution in [0.3, 0.4) is 0 Å². The molecule has 0 unspecified atom stereocenters. The molecule has 6 nitrogen and oxygen atoms in total. The molecular formula is C30H34F3N3O3. The van der Waals surface area contributed by atoms with Crippen LogP contribution in [0, 0.1) is 23.4 Å². The molecule has 2 aromatic heterocycles. The number of aromatic nitrogens is 2. The van der Waals surface area contributed by atoms with Crippen LogP contribution in [0.15, 0.2) is 42.7 Å². The number of carbonyl (C=O) groups excluding carboxylic acids is 1. The van der Waals surface area contributed by atoms with Crippen LogP contribution in [0.5, 0.6) is 0 Å². The Morgan fingerprint density at radius 1 is 1.15 bits per heavy atom. The molecule has 1 saturated carbocycles. The molecule has 1 aliphatic carbocycles. The average molecular weight is 542 g/mol. The molecule has 1 aliphatic rings. The molecule has 0 radical (unpaired) electrons. The van der Waals surface area contributed by atoms with Gasteiger partial charge in [0.05, 0.1) is 23.9 Å². The number of hydrogen-bond donors (Lipinski definition) is 2. The quantitative estimate of drug-likeness (QED) is 0.366. The molecule has 3 aromatic rings. The van der Waals surface area contributed by atoms with E-state index in [1.54, 1.807) is 33.2 Å². The van der Waals surface area contributed by atoms with Gasteiger partial charge in [-0.1, -0.05) is 6.92 Å². The van der Waals surface area contributed by atoms with E-state index in [0.717, 1.165) is 23.8 Å². The molecule has 9 heteroatoms. The van der Waals surface area contributed by atoms with E-state index in [1.807, 2.05) is 13.0 Å². The van der Waals surface area contributed by atoms with Crippen LogP contribution < -0.4 is 5.73 Å². The van der Waals surface area contributed by atoms with Crippen molar-refractivity contribution in [1.82, 2.24) is 9.97 Å². The number of rotatable bonds is 8. The number of ketones is 1. The lowest BCUT2D eigenvalue weighted by Crippen LogP contribution is -2.54. The van der Waals surface area contributed by atoms with Crippen molar-refractivity contribution in [1.29, 1.82) is 0 Å². The largest absolute Gasteiger partial charge is 0.388 e. The van der Waals surface area contributed by atoms with Crippen molar-refractivity contribution < 1.29 is 27.8 Å². The highest BCUT2D eigenvalue weighted by molar-refractivity contribution is 5.96. The monoisotopic (exact) mass is 541 g/mol. The summed E-state index contributed by atoms with van der Waals surface area (Å²) in [4.78, 5) is 21.5. The number of halogens is 3. The number of pyridine rings is 2. The van der Waals surface area contributed by atoms with Gasteiger partial charge in [-0.05, 0) is 92.5 Å². The van der Waals surface area contributed by atoms with Crippen molar-refractivity contribution in [3.63, 3.8) is 0 Å². The van der Waals surface area contributed by atoms with E-state index in [1.165, 1.54) is 6.07 Å². The van der Waals surface area contributed by atoms with E-state index in [9.17, 15) is 23.1 Å². The van der Waals surface area contributed by atoms with Crippen molar-refractivity contribution >= 4 is 5.78 Å². The van der Waals surface area contributed by atoms with Gasteiger partial charge in [0.2, 0.25) is 0 Å². The zero-order valence-electron chi connectivity index (χ0n) is 22.5. The first-order chi connectivity index (χ1) is 18.4. The minimum atomic E-state index is -0.999. The van der Waals surface area contributed by atoms with Crippen LogP contribution in [0.4, 0.5) is 13.2 Å². The standard InChI is InChI=1S/C30H34F3N3O3/c1-16(2)39-15-18-10-23(32)28(24(33)11-18)29-22(31)5-6-25(36-29)26(37)12-20-14-35-8-7-21(20)19-9-17(3)30(4,38)27(34)13-19/h5-8,10-11,14,16-17,19,27,38H,9,12-13,15,34H2,1-4H3/t17-,19+,27+,30+/m0/s1. The molecule has 1 aromatic carbocycles. The van der Waals surface area contributed by atoms with Crippen molar-refractivity contribution in [3.05, 3.63) is 82.6 Å². The predicted molar refractivity (Wildman–Crippen MR) is 141 cm³/mol. The van der Waals surface area contributed by atoms with Gasteiger partial charge in [-0.25, -0.2) is 18.2 Å². The summed E-state index contributed by atoms with van der Waals surface area (Å²) in [6.07, 6.45) is 4.24. The van der Waals surface area contributed by atoms with Crippen molar-refractivity contribution in [3.8, 4) is 11.3 Å². The summed E-state index contributed by atoms with van der Waals surface area (Å²) in [6.45, 7) is 7.28. The minimum absolute atomic E-state index is 0.00408. The normalized spacial score (nSPS) is 23.3. The third-order valence-corrected chi connectivity index (χ3v) is 7.71. The highest BCUT2D eigenvalue weighted by Gasteiger charge is 2.42. The lowest BCUT2D eigenvalue weighted by molar-refractivity contribution is -0.0464. The maximum absolute atomic E-state index is 14.9. The Labute approximate surface area is 226 Å². The summed E-state index contributed by atoms with van der Waals surface area (Å²) in [5, 5.41) is 10.7. The SMILES string of the molecule is CC(C)OCc1cc(F)c(-c2nc(C(=O)Cc3cnccc3[C@H]3C[C@@H](N)[C@](C)(O)[C@@H](C)C3)ccc2F)c(F)c1. The molecule has 0 aliphatic heterocycles. The fourth-order valence-electron chi connectivity index (χ4n) is 5.14. The zero-order chi connectivity index (χ0) is 28.5. The van der Waals surface area contributed by atoms with Gasteiger partial charge in [0.15, 0.2) is 5.78 Å². The van der Waals surface area contributed by atoms with Crippen molar-refractivity contribution in [2.75, 3.05) is 0 Å². The van der Waals surface area contributed by atoms with Crippen molar-refractivity contribution in [2.24, 2.45) is 11.7 Å². The zero-order valence-corrected chi connectivity index (χ0v) is 22.5. The lowest BCUT2D eigenvalue weighted by atomic mass is 9.67. The Balaban J connectivity index is 1.60. The van der Waals surface area contributed by atoms with Crippen LogP contribution in [-0.2, 0) is 17.8 Å². The van der Waals surface area contributed by atoms with Gasteiger partial charge in [0.25, 0.3) is 0 Å². The van der Waals surface area contributed by atoms with Gasteiger partial charge in [0.1, 0.15) is 28.8 Å². The van der Waals surface area contributed by atoms with E-state index in [-0.39, 0.29) is 42.2 Å². The Hall–Kier alpha value is -3.14. The fraction of sp³-hybridized carbons (Fsp3) is 0.433. The second-order valence-corrected chi connectivity index (χ2v) is 10.9. The number of hydrogen-bond acceptors (Lipinski definition) is 6. The van der Waals surface area contributed by atoms with Gasteiger partial charge in [0, 0.05) is 24.9 Å². The molecule has 0 amide bonds. The van der Waals surface area contributed by atoms with Gasteiger partial charge in [-0.3, -0.25) is 9.78 Å². The third kappa shape index (κ3) is 6.21. The van der Waals surface area contributed by atoms with Gasteiger partial charge >= 0.3 is 0 Å². The highest BCUT2D eigenvalue weighted by atomic mass is 19.1. The summed E-state index contributed by atoms with van der Waals surface area (Å²) in [7, 11) is 0. The second kappa shape index (κ2) is 11.5.